The van der Waals surface area contributed by atoms with Crippen LogP contribution in [0.5, 0.6) is 5.75 Å². The molecule has 0 bridgehead atoms. The van der Waals surface area contributed by atoms with Crippen LogP contribution in [0.4, 0.5) is 0 Å². The Bertz CT molecular complexity index is 641. The fourth-order valence-corrected chi connectivity index (χ4v) is 2.47. The standard InChI is InChI=1S/C17H20O4/c1-8(2)9(3)15(18)13-6-12-7-14(17(19)20)21-16(12)11(5)10(13)4/h6,8,14H,3,7H2,1-2,4-5H3,(H,19,20). The summed E-state index contributed by atoms with van der Waals surface area (Å²) in [5, 5.41) is 9.08. The highest BCUT2D eigenvalue weighted by Gasteiger charge is 2.32. The maximum atomic E-state index is 12.5. The highest BCUT2D eigenvalue weighted by atomic mass is 16.5. The van der Waals surface area contributed by atoms with Gasteiger partial charge in [0.1, 0.15) is 5.75 Å². The first-order chi connectivity index (χ1) is 9.73. The molecule has 1 atom stereocenters. The summed E-state index contributed by atoms with van der Waals surface area (Å²) in [4.78, 5) is 23.6. The van der Waals surface area contributed by atoms with Crippen LogP contribution in [0.25, 0.3) is 0 Å². The SMILES string of the molecule is C=C(C(=O)c1cc2c(c(C)c1C)OC(C(=O)O)C2)C(C)C. The van der Waals surface area contributed by atoms with Gasteiger partial charge in [0.25, 0.3) is 0 Å². The number of carbonyl (C=O) groups is 2. The summed E-state index contributed by atoms with van der Waals surface area (Å²) >= 11 is 0. The first kappa shape index (κ1) is 15.3. The molecule has 1 aromatic carbocycles. The molecule has 0 saturated heterocycles. The van der Waals surface area contributed by atoms with E-state index in [1.54, 1.807) is 6.07 Å². The molecule has 1 aliphatic rings. The van der Waals surface area contributed by atoms with Crippen molar-refractivity contribution in [1.82, 2.24) is 0 Å². The second-order valence-corrected chi connectivity index (χ2v) is 5.82. The zero-order valence-corrected chi connectivity index (χ0v) is 12.8. The molecule has 0 fully saturated rings. The van der Waals surface area contributed by atoms with Gasteiger partial charge in [-0.05, 0) is 48.1 Å². The van der Waals surface area contributed by atoms with E-state index >= 15 is 0 Å². The van der Waals surface area contributed by atoms with Gasteiger partial charge in [0, 0.05) is 12.0 Å². The lowest BCUT2D eigenvalue weighted by atomic mass is 9.89. The van der Waals surface area contributed by atoms with E-state index in [0.29, 0.717) is 23.3 Å². The molecule has 1 aliphatic heterocycles. The summed E-state index contributed by atoms with van der Waals surface area (Å²) in [5.74, 6) is -0.380. The van der Waals surface area contributed by atoms with Crippen LogP contribution in [-0.4, -0.2) is 23.0 Å². The maximum absolute atomic E-state index is 12.5. The van der Waals surface area contributed by atoms with E-state index in [1.807, 2.05) is 27.7 Å². The molecular weight excluding hydrogens is 268 g/mol. The van der Waals surface area contributed by atoms with Gasteiger partial charge in [-0.2, -0.15) is 0 Å². The number of fused-ring (bicyclic) bond motifs is 1. The molecular formula is C17H20O4. The van der Waals surface area contributed by atoms with E-state index in [4.69, 9.17) is 9.84 Å². The van der Waals surface area contributed by atoms with E-state index in [1.165, 1.54) is 0 Å². The summed E-state index contributed by atoms with van der Waals surface area (Å²) in [6, 6.07) is 1.76. The van der Waals surface area contributed by atoms with Gasteiger partial charge < -0.3 is 9.84 Å². The van der Waals surface area contributed by atoms with Gasteiger partial charge in [-0.15, -0.1) is 0 Å². The monoisotopic (exact) mass is 288 g/mol. The number of ether oxygens (including phenoxy) is 1. The zero-order chi connectivity index (χ0) is 15.9. The van der Waals surface area contributed by atoms with Gasteiger partial charge >= 0.3 is 5.97 Å². The number of aliphatic carboxylic acids is 1. The molecule has 112 valence electrons. The molecule has 1 N–H and O–H groups in total. The first-order valence-corrected chi connectivity index (χ1v) is 7.00. The number of ketones is 1. The van der Waals surface area contributed by atoms with Gasteiger partial charge in [-0.1, -0.05) is 20.4 Å². The number of allylic oxidation sites excluding steroid dienone is 1. The molecule has 4 heteroatoms. The molecule has 0 amide bonds. The van der Waals surface area contributed by atoms with Gasteiger partial charge in [0.2, 0.25) is 0 Å². The van der Waals surface area contributed by atoms with Crippen LogP contribution in [0, 0.1) is 19.8 Å². The smallest absolute Gasteiger partial charge is 0.345 e. The number of hydrogen-bond acceptors (Lipinski definition) is 3. The van der Waals surface area contributed by atoms with Crippen molar-refractivity contribution in [3.63, 3.8) is 0 Å². The third kappa shape index (κ3) is 2.58. The molecule has 0 radical (unpaired) electrons. The van der Waals surface area contributed by atoms with Crippen LogP contribution in [0.3, 0.4) is 0 Å². The number of Topliss-reactive ketones (excluding diaryl/α,β-unsaturated/α-hetero) is 1. The van der Waals surface area contributed by atoms with Crippen LogP contribution < -0.4 is 4.74 Å². The van der Waals surface area contributed by atoms with Crippen molar-refractivity contribution < 1.29 is 19.4 Å². The van der Waals surface area contributed by atoms with E-state index in [-0.39, 0.29) is 11.7 Å². The molecule has 1 unspecified atom stereocenters. The van der Waals surface area contributed by atoms with Gasteiger partial charge in [-0.3, -0.25) is 4.79 Å². The van der Waals surface area contributed by atoms with Crippen LogP contribution in [0.1, 0.15) is 40.9 Å². The van der Waals surface area contributed by atoms with Crippen molar-refractivity contribution in [2.24, 2.45) is 5.92 Å². The molecule has 0 spiro atoms. The third-order valence-electron chi connectivity index (χ3n) is 4.09. The summed E-state index contributed by atoms with van der Waals surface area (Å²) in [5.41, 5.74) is 3.60. The largest absolute Gasteiger partial charge is 0.478 e. The van der Waals surface area contributed by atoms with Crippen LogP contribution >= 0.6 is 0 Å². The van der Waals surface area contributed by atoms with E-state index in [9.17, 15) is 9.59 Å². The van der Waals surface area contributed by atoms with E-state index < -0.39 is 12.1 Å². The quantitative estimate of drug-likeness (QED) is 0.683. The summed E-state index contributed by atoms with van der Waals surface area (Å²) in [6.45, 7) is 11.4. The lowest BCUT2D eigenvalue weighted by molar-refractivity contribution is -0.144. The third-order valence-corrected chi connectivity index (χ3v) is 4.09. The maximum Gasteiger partial charge on any atom is 0.345 e. The summed E-state index contributed by atoms with van der Waals surface area (Å²) < 4.78 is 5.49. The minimum Gasteiger partial charge on any atom is -0.478 e. The minimum atomic E-state index is -0.984. The molecule has 0 saturated carbocycles. The average Bonchev–Trinajstić information content (AvgIpc) is 2.85. The van der Waals surface area contributed by atoms with Crippen LogP contribution in [-0.2, 0) is 11.2 Å². The zero-order valence-electron chi connectivity index (χ0n) is 12.8. The number of carboxylic acid groups (broad SMARTS) is 1. The lowest BCUT2D eigenvalue weighted by Crippen LogP contribution is -2.24. The first-order valence-electron chi connectivity index (χ1n) is 7.00. The Kier molecular flexibility index (Phi) is 3.90. The van der Waals surface area contributed by atoms with Gasteiger partial charge in [0.15, 0.2) is 11.9 Å². The normalized spacial score (nSPS) is 16.5. The molecule has 0 aliphatic carbocycles. The number of carboxylic acids is 1. The van der Waals surface area contributed by atoms with E-state index in [0.717, 1.165) is 16.7 Å². The predicted octanol–water partition coefficient (Wildman–Crippen LogP) is 3.09. The molecule has 1 aromatic rings. The molecule has 21 heavy (non-hydrogen) atoms. The van der Waals surface area contributed by atoms with Crippen LogP contribution in [0.2, 0.25) is 0 Å². The molecule has 0 aromatic heterocycles. The topological polar surface area (TPSA) is 63.6 Å². The fraction of sp³-hybridized carbons (Fsp3) is 0.412. The molecule has 2 rings (SSSR count). The Hall–Kier alpha value is -2.10. The van der Waals surface area contributed by atoms with Crippen molar-refractivity contribution in [2.75, 3.05) is 0 Å². The number of carbonyl (C=O) groups excluding carboxylic acids is 1. The van der Waals surface area contributed by atoms with Crippen LogP contribution in [0.15, 0.2) is 18.2 Å². The second-order valence-electron chi connectivity index (χ2n) is 5.82. The number of hydrogen-bond donors (Lipinski definition) is 1. The highest BCUT2D eigenvalue weighted by molar-refractivity contribution is 6.10. The van der Waals surface area contributed by atoms with E-state index in [2.05, 4.69) is 6.58 Å². The van der Waals surface area contributed by atoms with Crippen molar-refractivity contribution in [3.05, 3.63) is 40.5 Å². The summed E-state index contributed by atoms with van der Waals surface area (Å²) in [7, 11) is 0. The number of rotatable bonds is 4. The lowest BCUT2D eigenvalue weighted by Gasteiger charge is -2.15. The van der Waals surface area contributed by atoms with Crippen molar-refractivity contribution in [1.29, 1.82) is 0 Å². The minimum absolute atomic E-state index is 0.0767. The molecule has 1 heterocycles. The molecule has 4 nitrogen and oxygen atoms in total. The van der Waals surface area contributed by atoms with Crippen molar-refractivity contribution in [2.45, 2.75) is 40.2 Å². The Balaban J connectivity index is 2.47. The van der Waals surface area contributed by atoms with Gasteiger partial charge in [0.05, 0.1) is 0 Å². The Labute approximate surface area is 124 Å². The highest BCUT2D eigenvalue weighted by Crippen LogP contribution is 2.37. The Morgan fingerprint density at radius 1 is 1.33 bits per heavy atom. The fourth-order valence-electron chi connectivity index (χ4n) is 2.47. The van der Waals surface area contributed by atoms with Crippen molar-refractivity contribution >= 4 is 11.8 Å². The number of benzene rings is 1. The van der Waals surface area contributed by atoms with Gasteiger partial charge in [-0.25, -0.2) is 4.79 Å². The Morgan fingerprint density at radius 2 is 1.95 bits per heavy atom. The second kappa shape index (κ2) is 5.35. The average molecular weight is 288 g/mol. The summed E-state index contributed by atoms with van der Waals surface area (Å²) in [6.07, 6.45) is -0.572. The van der Waals surface area contributed by atoms with Crippen molar-refractivity contribution in [3.8, 4) is 5.75 Å². The Morgan fingerprint density at radius 3 is 2.48 bits per heavy atom. The predicted molar refractivity (Wildman–Crippen MR) is 80.0 cm³/mol.